The van der Waals surface area contributed by atoms with Crippen molar-refractivity contribution in [1.82, 2.24) is 9.80 Å². The summed E-state index contributed by atoms with van der Waals surface area (Å²) in [6, 6.07) is 10.7. The van der Waals surface area contributed by atoms with Crippen molar-refractivity contribution < 1.29 is 13.2 Å². The average Bonchev–Trinajstić information content (AvgIpc) is 2.62. The van der Waals surface area contributed by atoms with Crippen LogP contribution in [0.15, 0.2) is 30.3 Å². The summed E-state index contributed by atoms with van der Waals surface area (Å²) in [6.45, 7) is 2.33. The van der Waals surface area contributed by atoms with E-state index in [9.17, 15) is 13.2 Å². The Morgan fingerprint density at radius 3 is 2.28 bits per heavy atom. The number of amides is 1. The summed E-state index contributed by atoms with van der Waals surface area (Å²) in [4.78, 5) is 16.6. The van der Waals surface area contributed by atoms with Gasteiger partial charge in [0.15, 0.2) is 0 Å². The Morgan fingerprint density at radius 2 is 1.68 bits per heavy atom. The molecule has 6 heteroatoms. The molecule has 0 radical (unpaired) electrons. The van der Waals surface area contributed by atoms with Gasteiger partial charge in [0.25, 0.3) is 0 Å². The van der Waals surface area contributed by atoms with Crippen molar-refractivity contribution in [3.05, 3.63) is 35.9 Å². The smallest absolute Gasteiger partial charge is 0.236 e. The second kappa shape index (κ2) is 7.87. The van der Waals surface area contributed by atoms with Crippen molar-refractivity contribution in [3.8, 4) is 0 Å². The quantitative estimate of drug-likeness (QED) is 0.819. The van der Waals surface area contributed by atoms with Gasteiger partial charge in [0.1, 0.15) is 9.84 Å². The van der Waals surface area contributed by atoms with Crippen LogP contribution in [-0.2, 0) is 14.6 Å². The van der Waals surface area contributed by atoms with Crippen LogP contribution in [0.4, 0.5) is 0 Å². The van der Waals surface area contributed by atoms with Crippen molar-refractivity contribution in [3.63, 3.8) is 0 Å². The SMILES string of the molecule is CN(C(=O)CN1CCC(c2ccccc2)CC1)C1CCS(=O)(=O)CC1. The fourth-order valence-electron chi connectivity index (χ4n) is 3.92. The van der Waals surface area contributed by atoms with Crippen LogP contribution in [-0.4, -0.2) is 68.4 Å². The summed E-state index contributed by atoms with van der Waals surface area (Å²) in [5.41, 5.74) is 1.40. The number of benzene rings is 1. The number of nitrogens with zero attached hydrogens (tertiary/aromatic N) is 2. The molecule has 2 fully saturated rings. The number of carbonyl (C=O) groups excluding carboxylic acids is 1. The van der Waals surface area contributed by atoms with Crippen LogP contribution in [0.2, 0.25) is 0 Å². The average molecular weight is 365 g/mol. The highest BCUT2D eigenvalue weighted by Crippen LogP contribution is 2.27. The molecule has 0 aliphatic carbocycles. The van der Waals surface area contributed by atoms with Crippen LogP contribution >= 0.6 is 0 Å². The van der Waals surface area contributed by atoms with Gasteiger partial charge in [0, 0.05) is 13.1 Å². The third-order valence-corrected chi connectivity index (χ3v) is 7.40. The second-order valence-electron chi connectivity index (χ2n) is 7.35. The predicted molar refractivity (Wildman–Crippen MR) is 99.3 cm³/mol. The number of likely N-dealkylation sites (tertiary alicyclic amines) is 1. The van der Waals surface area contributed by atoms with E-state index in [1.807, 2.05) is 13.1 Å². The number of hydrogen-bond acceptors (Lipinski definition) is 4. The van der Waals surface area contributed by atoms with Crippen LogP contribution in [0.1, 0.15) is 37.2 Å². The van der Waals surface area contributed by atoms with E-state index in [2.05, 4.69) is 29.2 Å². The molecule has 1 aromatic rings. The van der Waals surface area contributed by atoms with Gasteiger partial charge in [-0.15, -0.1) is 0 Å². The topological polar surface area (TPSA) is 57.7 Å². The van der Waals surface area contributed by atoms with Crippen molar-refractivity contribution in [1.29, 1.82) is 0 Å². The first-order valence-corrected chi connectivity index (χ1v) is 11.0. The molecule has 2 aliphatic rings. The van der Waals surface area contributed by atoms with E-state index in [0.717, 1.165) is 25.9 Å². The zero-order valence-corrected chi connectivity index (χ0v) is 15.7. The van der Waals surface area contributed by atoms with Gasteiger partial charge < -0.3 is 4.90 Å². The van der Waals surface area contributed by atoms with Crippen molar-refractivity contribution in [2.45, 2.75) is 37.6 Å². The first kappa shape index (κ1) is 18.4. The molecule has 2 saturated heterocycles. The number of hydrogen-bond donors (Lipinski definition) is 0. The van der Waals surface area contributed by atoms with Crippen LogP contribution in [0.5, 0.6) is 0 Å². The van der Waals surface area contributed by atoms with E-state index < -0.39 is 9.84 Å². The molecule has 2 heterocycles. The van der Waals surface area contributed by atoms with Gasteiger partial charge >= 0.3 is 0 Å². The molecule has 0 bridgehead atoms. The third-order valence-electron chi connectivity index (χ3n) is 5.68. The largest absolute Gasteiger partial charge is 0.342 e. The van der Waals surface area contributed by atoms with Gasteiger partial charge in [-0.05, 0) is 50.3 Å². The number of likely N-dealkylation sites (N-methyl/N-ethyl adjacent to an activating group) is 1. The minimum Gasteiger partial charge on any atom is -0.342 e. The Bertz CT molecular complexity index is 668. The standard InChI is InChI=1S/C19H28N2O3S/c1-20(18-9-13-25(23,24)14-10-18)19(22)15-21-11-7-17(8-12-21)16-5-3-2-4-6-16/h2-6,17-18H,7-15H2,1H3. The van der Waals surface area contributed by atoms with E-state index >= 15 is 0 Å². The molecule has 1 aromatic carbocycles. The van der Waals surface area contributed by atoms with E-state index in [-0.39, 0.29) is 23.5 Å². The molecule has 3 rings (SSSR count). The number of sulfone groups is 1. The van der Waals surface area contributed by atoms with Crippen LogP contribution in [0.25, 0.3) is 0 Å². The van der Waals surface area contributed by atoms with Gasteiger partial charge in [0.2, 0.25) is 5.91 Å². The molecule has 0 saturated carbocycles. The monoisotopic (exact) mass is 364 g/mol. The Morgan fingerprint density at radius 1 is 1.08 bits per heavy atom. The molecule has 5 nitrogen and oxygen atoms in total. The number of piperidine rings is 1. The number of rotatable bonds is 4. The van der Waals surface area contributed by atoms with Gasteiger partial charge in [-0.2, -0.15) is 0 Å². The van der Waals surface area contributed by atoms with Crippen LogP contribution in [0.3, 0.4) is 0 Å². The lowest BCUT2D eigenvalue weighted by molar-refractivity contribution is -0.133. The van der Waals surface area contributed by atoms with E-state index in [1.165, 1.54) is 5.56 Å². The van der Waals surface area contributed by atoms with Crippen LogP contribution in [0, 0.1) is 0 Å². The molecular weight excluding hydrogens is 336 g/mol. The Kier molecular flexibility index (Phi) is 5.79. The zero-order chi connectivity index (χ0) is 17.9. The Balaban J connectivity index is 1.46. The third kappa shape index (κ3) is 4.82. The first-order chi connectivity index (χ1) is 11.9. The second-order valence-corrected chi connectivity index (χ2v) is 9.65. The molecule has 2 aliphatic heterocycles. The minimum atomic E-state index is -2.88. The Hall–Kier alpha value is -1.40. The van der Waals surface area contributed by atoms with Gasteiger partial charge in [-0.3, -0.25) is 9.69 Å². The molecule has 1 amide bonds. The molecule has 138 valence electrons. The normalized spacial score (nSPS) is 22.6. The summed E-state index contributed by atoms with van der Waals surface area (Å²) < 4.78 is 23.1. The summed E-state index contributed by atoms with van der Waals surface area (Å²) in [5.74, 6) is 1.12. The van der Waals surface area contributed by atoms with Gasteiger partial charge in [0.05, 0.1) is 18.1 Å². The molecular formula is C19H28N2O3S. The van der Waals surface area contributed by atoms with Crippen LogP contribution < -0.4 is 0 Å². The molecule has 0 atom stereocenters. The van der Waals surface area contributed by atoms with Crippen molar-refractivity contribution in [2.24, 2.45) is 0 Å². The highest BCUT2D eigenvalue weighted by Gasteiger charge is 2.30. The summed E-state index contributed by atoms with van der Waals surface area (Å²) in [7, 11) is -1.06. The van der Waals surface area contributed by atoms with Gasteiger partial charge in [-0.1, -0.05) is 30.3 Å². The van der Waals surface area contributed by atoms with Gasteiger partial charge in [-0.25, -0.2) is 8.42 Å². The predicted octanol–water partition coefficient (Wildman–Crippen LogP) is 1.90. The lowest BCUT2D eigenvalue weighted by Gasteiger charge is -2.35. The molecule has 0 N–H and O–H groups in total. The summed E-state index contributed by atoms with van der Waals surface area (Å²) in [5, 5.41) is 0. The maximum absolute atomic E-state index is 12.6. The highest BCUT2D eigenvalue weighted by atomic mass is 32.2. The zero-order valence-electron chi connectivity index (χ0n) is 14.9. The molecule has 0 unspecified atom stereocenters. The minimum absolute atomic E-state index is 0.0675. The first-order valence-electron chi connectivity index (χ1n) is 9.18. The summed E-state index contributed by atoms with van der Waals surface area (Å²) in [6.07, 6.45) is 3.31. The molecule has 25 heavy (non-hydrogen) atoms. The lowest BCUT2D eigenvalue weighted by atomic mass is 9.89. The maximum atomic E-state index is 12.6. The maximum Gasteiger partial charge on any atom is 0.236 e. The van der Waals surface area contributed by atoms with E-state index in [0.29, 0.717) is 25.3 Å². The van der Waals surface area contributed by atoms with E-state index in [4.69, 9.17) is 0 Å². The molecule has 0 spiro atoms. The highest BCUT2D eigenvalue weighted by molar-refractivity contribution is 7.91. The van der Waals surface area contributed by atoms with Crippen molar-refractivity contribution in [2.75, 3.05) is 38.2 Å². The molecule has 0 aromatic heterocycles. The fraction of sp³-hybridized carbons (Fsp3) is 0.632. The Labute approximate surface area is 150 Å². The van der Waals surface area contributed by atoms with Crippen molar-refractivity contribution >= 4 is 15.7 Å². The van der Waals surface area contributed by atoms with E-state index in [1.54, 1.807) is 4.90 Å². The lowest BCUT2D eigenvalue weighted by Crippen LogP contribution is -2.47. The fourth-order valence-corrected chi connectivity index (χ4v) is 5.39. The number of carbonyl (C=O) groups is 1. The summed E-state index contributed by atoms with van der Waals surface area (Å²) >= 11 is 0.